The van der Waals surface area contributed by atoms with Crippen molar-refractivity contribution in [3.05, 3.63) is 29.8 Å². The molecule has 0 saturated carbocycles. The van der Waals surface area contributed by atoms with Crippen LogP contribution in [0.1, 0.15) is 5.56 Å². The van der Waals surface area contributed by atoms with Crippen LogP contribution in [-0.2, 0) is 4.74 Å². The molecule has 16 heavy (non-hydrogen) atoms. The highest BCUT2D eigenvalue weighted by Gasteiger charge is 1.97. The van der Waals surface area contributed by atoms with Gasteiger partial charge < -0.3 is 10.5 Å². The molecule has 0 aliphatic carbocycles. The maximum atomic E-state index is 5.77. The first kappa shape index (κ1) is 13.1. The highest BCUT2D eigenvalue weighted by Crippen LogP contribution is 2.18. The van der Waals surface area contributed by atoms with Gasteiger partial charge in [0.05, 0.1) is 18.9 Å². The van der Waals surface area contributed by atoms with E-state index in [1.165, 1.54) is 10.5 Å². The second kappa shape index (κ2) is 7.30. The number of nitrogens with two attached hydrogens (primary N) is 1. The van der Waals surface area contributed by atoms with Gasteiger partial charge in [0, 0.05) is 12.0 Å². The van der Waals surface area contributed by atoms with Crippen molar-refractivity contribution < 1.29 is 4.74 Å². The van der Waals surface area contributed by atoms with Gasteiger partial charge in [0.2, 0.25) is 0 Å². The molecule has 0 spiro atoms. The summed E-state index contributed by atoms with van der Waals surface area (Å²) in [7, 11) is 1.66. The van der Waals surface area contributed by atoms with E-state index in [1.807, 2.05) is 0 Å². The lowest BCUT2D eigenvalue weighted by molar-refractivity contribution is 0.208. The molecule has 1 aromatic rings. The number of aryl methyl sites for hydroxylation is 1. The Hall–Kier alpha value is -1.00. The van der Waals surface area contributed by atoms with Gasteiger partial charge in [-0.15, -0.1) is 11.8 Å². The van der Waals surface area contributed by atoms with Crippen LogP contribution in [0, 0.1) is 6.92 Å². The van der Waals surface area contributed by atoms with Crippen molar-refractivity contribution in [1.29, 1.82) is 0 Å². The van der Waals surface area contributed by atoms with Crippen molar-refractivity contribution in [2.75, 3.05) is 26.0 Å². The number of rotatable bonds is 6. The summed E-state index contributed by atoms with van der Waals surface area (Å²) in [6, 6.07) is 8.36. The van der Waals surface area contributed by atoms with Gasteiger partial charge in [-0.1, -0.05) is 17.7 Å². The van der Waals surface area contributed by atoms with E-state index in [0.717, 1.165) is 5.75 Å². The number of nitrogens with zero attached hydrogens (tertiary/aromatic N) is 1. The molecule has 0 heterocycles. The van der Waals surface area contributed by atoms with E-state index in [2.05, 4.69) is 36.2 Å². The lowest BCUT2D eigenvalue weighted by atomic mass is 10.2. The maximum absolute atomic E-state index is 5.77. The molecule has 4 heteroatoms. The van der Waals surface area contributed by atoms with Crippen LogP contribution >= 0.6 is 11.8 Å². The lowest BCUT2D eigenvalue weighted by Gasteiger charge is -2.02. The second-order valence-electron chi connectivity index (χ2n) is 3.47. The number of ether oxygens (including phenoxy) is 1. The number of aliphatic imine (C=N–C) groups is 1. The predicted molar refractivity (Wildman–Crippen MR) is 70.3 cm³/mol. The van der Waals surface area contributed by atoms with E-state index >= 15 is 0 Å². The summed E-state index contributed by atoms with van der Waals surface area (Å²) in [5, 5.41) is 0. The molecule has 88 valence electrons. The molecular weight excluding hydrogens is 220 g/mol. The molecule has 0 radical (unpaired) electrons. The van der Waals surface area contributed by atoms with Gasteiger partial charge in [-0.25, -0.2) is 0 Å². The van der Waals surface area contributed by atoms with Crippen molar-refractivity contribution >= 4 is 17.6 Å². The Morgan fingerprint density at radius 3 is 3.00 bits per heavy atom. The van der Waals surface area contributed by atoms with E-state index < -0.39 is 0 Å². The van der Waals surface area contributed by atoms with Crippen LogP contribution < -0.4 is 5.73 Å². The van der Waals surface area contributed by atoms with Crippen molar-refractivity contribution in [3.63, 3.8) is 0 Å². The summed E-state index contributed by atoms with van der Waals surface area (Å²) in [4.78, 5) is 5.43. The standard InChI is InChI=1S/C12H18N2OS/c1-10-4-3-5-11(8-10)16-9-12(13)14-6-7-15-2/h3-5,8H,6-7,9H2,1-2H3,(H2,13,14). The van der Waals surface area contributed by atoms with Gasteiger partial charge >= 0.3 is 0 Å². The zero-order valence-corrected chi connectivity index (χ0v) is 10.6. The average molecular weight is 238 g/mol. The SMILES string of the molecule is COCCN=C(N)CSc1cccc(C)c1. The molecule has 0 aromatic heterocycles. The Kier molecular flexibility index (Phi) is 5.96. The summed E-state index contributed by atoms with van der Waals surface area (Å²) in [5.41, 5.74) is 7.04. The van der Waals surface area contributed by atoms with Crippen molar-refractivity contribution in [2.24, 2.45) is 10.7 Å². The second-order valence-corrected chi connectivity index (χ2v) is 4.52. The molecule has 2 N–H and O–H groups in total. The van der Waals surface area contributed by atoms with Crippen LogP contribution in [0.4, 0.5) is 0 Å². The largest absolute Gasteiger partial charge is 0.387 e. The monoisotopic (exact) mass is 238 g/mol. The minimum atomic E-state index is 0.621. The summed E-state index contributed by atoms with van der Waals surface area (Å²) < 4.78 is 4.90. The molecule has 1 aromatic carbocycles. The Morgan fingerprint density at radius 1 is 1.50 bits per heavy atom. The Bertz CT molecular complexity index is 353. The molecule has 0 fully saturated rings. The van der Waals surface area contributed by atoms with E-state index in [4.69, 9.17) is 10.5 Å². The van der Waals surface area contributed by atoms with Crippen molar-refractivity contribution in [3.8, 4) is 0 Å². The van der Waals surface area contributed by atoms with Crippen LogP contribution in [-0.4, -0.2) is 31.8 Å². The number of hydrogen-bond acceptors (Lipinski definition) is 3. The van der Waals surface area contributed by atoms with E-state index in [-0.39, 0.29) is 0 Å². The molecule has 0 unspecified atom stereocenters. The van der Waals surface area contributed by atoms with Crippen molar-refractivity contribution in [2.45, 2.75) is 11.8 Å². The van der Waals surface area contributed by atoms with Crippen LogP contribution in [0.2, 0.25) is 0 Å². The van der Waals surface area contributed by atoms with Crippen LogP contribution in [0.5, 0.6) is 0 Å². The third-order valence-electron chi connectivity index (χ3n) is 1.99. The van der Waals surface area contributed by atoms with Crippen LogP contribution in [0.15, 0.2) is 34.2 Å². The summed E-state index contributed by atoms with van der Waals surface area (Å²) in [5.74, 6) is 1.40. The molecule has 0 aliphatic rings. The molecule has 0 saturated heterocycles. The first-order valence-corrected chi connectivity index (χ1v) is 6.18. The highest BCUT2D eigenvalue weighted by molar-refractivity contribution is 8.00. The molecule has 0 aliphatic heterocycles. The molecule has 0 bridgehead atoms. The number of benzene rings is 1. The Morgan fingerprint density at radius 2 is 2.31 bits per heavy atom. The lowest BCUT2D eigenvalue weighted by Crippen LogP contribution is -2.16. The summed E-state index contributed by atoms with van der Waals surface area (Å²) >= 11 is 1.70. The number of thioether (sulfide) groups is 1. The zero-order chi connectivity index (χ0) is 11.8. The smallest absolute Gasteiger partial charge is 0.104 e. The molecular formula is C12H18N2OS. The Balaban J connectivity index is 2.36. The summed E-state index contributed by atoms with van der Waals surface area (Å²) in [6.07, 6.45) is 0. The molecule has 0 amide bonds. The average Bonchev–Trinajstić information content (AvgIpc) is 2.27. The van der Waals surface area contributed by atoms with Gasteiger partial charge in [-0.2, -0.15) is 0 Å². The topological polar surface area (TPSA) is 47.6 Å². The summed E-state index contributed by atoms with van der Waals surface area (Å²) in [6.45, 7) is 3.34. The fourth-order valence-corrected chi connectivity index (χ4v) is 2.04. The van der Waals surface area contributed by atoms with Crippen LogP contribution in [0.25, 0.3) is 0 Å². The normalized spacial score (nSPS) is 11.8. The van der Waals surface area contributed by atoms with E-state index in [9.17, 15) is 0 Å². The third-order valence-corrected chi connectivity index (χ3v) is 3.01. The quantitative estimate of drug-likeness (QED) is 0.357. The Labute approximate surface area is 101 Å². The zero-order valence-electron chi connectivity index (χ0n) is 9.77. The highest BCUT2D eigenvalue weighted by atomic mass is 32.2. The van der Waals surface area contributed by atoms with Gasteiger partial charge in [0.25, 0.3) is 0 Å². The maximum Gasteiger partial charge on any atom is 0.104 e. The fourth-order valence-electron chi connectivity index (χ4n) is 1.19. The third kappa shape index (κ3) is 5.19. The predicted octanol–water partition coefficient (Wildman–Crippen LogP) is 2.09. The minimum Gasteiger partial charge on any atom is -0.387 e. The number of amidine groups is 1. The fraction of sp³-hybridized carbons (Fsp3) is 0.417. The first-order chi connectivity index (χ1) is 7.72. The van der Waals surface area contributed by atoms with Gasteiger partial charge in [-0.05, 0) is 19.1 Å². The minimum absolute atomic E-state index is 0.621. The number of methoxy groups -OCH3 is 1. The number of hydrogen-bond donors (Lipinski definition) is 1. The van der Waals surface area contributed by atoms with Gasteiger partial charge in [-0.3, -0.25) is 4.99 Å². The van der Waals surface area contributed by atoms with Gasteiger partial charge in [0.15, 0.2) is 0 Å². The van der Waals surface area contributed by atoms with Gasteiger partial charge in [0.1, 0.15) is 5.84 Å². The van der Waals surface area contributed by atoms with E-state index in [0.29, 0.717) is 19.0 Å². The first-order valence-electron chi connectivity index (χ1n) is 5.19. The molecule has 0 atom stereocenters. The van der Waals surface area contributed by atoms with Crippen molar-refractivity contribution in [1.82, 2.24) is 0 Å². The van der Waals surface area contributed by atoms with E-state index in [1.54, 1.807) is 18.9 Å². The molecule has 1 rings (SSSR count). The van der Waals surface area contributed by atoms with Crippen LogP contribution in [0.3, 0.4) is 0 Å². The molecule has 3 nitrogen and oxygen atoms in total.